The molecule has 1 fully saturated rings. The molecule has 3 nitrogen and oxygen atoms in total. The lowest BCUT2D eigenvalue weighted by Gasteiger charge is -2.31. The number of phenolic OH excluding ortho intramolecular Hbond substituents is 1. The second kappa shape index (κ2) is 6.09. The van der Waals surface area contributed by atoms with Gasteiger partial charge in [-0.3, -0.25) is 4.99 Å². The molecule has 0 heterocycles. The zero-order valence-corrected chi connectivity index (χ0v) is 12.0. The van der Waals surface area contributed by atoms with Crippen molar-refractivity contribution >= 4 is 6.21 Å². The summed E-state index contributed by atoms with van der Waals surface area (Å²) in [5, 5.41) is 10.0. The largest absolute Gasteiger partial charge is 0.504 e. The summed E-state index contributed by atoms with van der Waals surface area (Å²) < 4.78 is 5.10. The first kappa shape index (κ1) is 13.9. The number of phenols is 1. The number of rotatable bonds is 3. The first-order chi connectivity index (χ1) is 9.13. The Morgan fingerprint density at radius 1 is 1.32 bits per heavy atom. The highest BCUT2D eigenvalue weighted by atomic mass is 16.5. The summed E-state index contributed by atoms with van der Waals surface area (Å²) in [6, 6.07) is 5.85. The van der Waals surface area contributed by atoms with Crippen LogP contribution >= 0.6 is 0 Å². The Morgan fingerprint density at radius 3 is 2.84 bits per heavy atom. The summed E-state index contributed by atoms with van der Waals surface area (Å²) in [6.07, 6.45) is 5.49. The molecule has 0 bridgehead atoms. The minimum atomic E-state index is 0.172. The first-order valence-corrected chi connectivity index (χ1v) is 7.02. The Labute approximate surface area is 115 Å². The molecule has 19 heavy (non-hydrogen) atoms. The van der Waals surface area contributed by atoms with E-state index < -0.39 is 0 Å². The number of aliphatic imine (C=N–C) groups is 1. The number of aromatic hydroxyl groups is 1. The maximum atomic E-state index is 10.0. The van der Waals surface area contributed by atoms with Gasteiger partial charge in [0.05, 0.1) is 13.2 Å². The summed E-state index contributed by atoms with van der Waals surface area (Å²) in [4.78, 5) is 4.68. The van der Waals surface area contributed by atoms with E-state index in [0.29, 0.717) is 17.7 Å². The molecule has 0 aliphatic heterocycles. The summed E-state index contributed by atoms with van der Waals surface area (Å²) in [7, 11) is 1.56. The summed E-state index contributed by atoms with van der Waals surface area (Å²) in [6.45, 7) is 4.58. The third kappa shape index (κ3) is 3.09. The monoisotopic (exact) mass is 261 g/mol. The normalized spacial score (nSPS) is 27.6. The van der Waals surface area contributed by atoms with Gasteiger partial charge in [0.15, 0.2) is 11.5 Å². The number of hydrogen-bond donors (Lipinski definition) is 1. The van der Waals surface area contributed by atoms with Crippen LogP contribution in [0, 0.1) is 11.8 Å². The van der Waals surface area contributed by atoms with Crippen molar-refractivity contribution in [1.82, 2.24) is 0 Å². The van der Waals surface area contributed by atoms with Crippen LogP contribution in [0.4, 0.5) is 0 Å². The van der Waals surface area contributed by atoms with Crippen molar-refractivity contribution in [3.8, 4) is 11.5 Å². The summed E-state index contributed by atoms with van der Waals surface area (Å²) >= 11 is 0. The van der Waals surface area contributed by atoms with Crippen molar-refractivity contribution in [1.29, 1.82) is 0 Å². The molecule has 1 aromatic rings. The van der Waals surface area contributed by atoms with Crippen LogP contribution < -0.4 is 4.74 Å². The quantitative estimate of drug-likeness (QED) is 0.844. The molecule has 0 amide bonds. The van der Waals surface area contributed by atoms with E-state index >= 15 is 0 Å². The van der Waals surface area contributed by atoms with Crippen molar-refractivity contribution in [2.75, 3.05) is 7.11 Å². The van der Waals surface area contributed by atoms with Crippen LogP contribution in [0.25, 0.3) is 0 Å². The van der Waals surface area contributed by atoms with Crippen LogP contribution in [0.5, 0.6) is 11.5 Å². The van der Waals surface area contributed by atoms with E-state index in [-0.39, 0.29) is 5.75 Å². The number of benzene rings is 1. The van der Waals surface area contributed by atoms with Crippen LogP contribution in [-0.4, -0.2) is 24.5 Å². The molecule has 1 saturated carbocycles. The molecule has 3 atom stereocenters. The Balaban J connectivity index is 2.14. The first-order valence-electron chi connectivity index (χ1n) is 7.02. The van der Waals surface area contributed by atoms with Crippen molar-refractivity contribution in [2.24, 2.45) is 16.8 Å². The fourth-order valence-electron chi connectivity index (χ4n) is 2.75. The van der Waals surface area contributed by atoms with E-state index in [1.165, 1.54) is 12.8 Å². The van der Waals surface area contributed by atoms with Gasteiger partial charge < -0.3 is 9.84 Å². The summed E-state index contributed by atoms with van der Waals surface area (Å²) in [5.74, 6) is 2.01. The molecule has 1 aliphatic carbocycles. The molecule has 3 heteroatoms. The number of para-hydroxylation sites is 1. The fraction of sp³-hybridized carbons (Fsp3) is 0.562. The van der Waals surface area contributed by atoms with Gasteiger partial charge in [-0.1, -0.05) is 32.8 Å². The maximum Gasteiger partial charge on any atom is 0.166 e. The van der Waals surface area contributed by atoms with Crippen molar-refractivity contribution in [3.63, 3.8) is 0 Å². The number of nitrogens with zero attached hydrogens (tertiary/aromatic N) is 1. The Kier molecular flexibility index (Phi) is 4.46. The van der Waals surface area contributed by atoms with E-state index in [2.05, 4.69) is 18.8 Å². The lowest BCUT2D eigenvalue weighted by Crippen LogP contribution is -2.27. The predicted molar refractivity (Wildman–Crippen MR) is 78.2 cm³/mol. The fourth-order valence-corrected chi connectivity index (χ4v) is 2.75. The van der Waals surface area contributed by atoms with E-state index in [1.807, 2.05) is 12.1 Å². The smallest absolute Gasteiger partial charge is 0.166 e. The third-order valence-corrected chi connectivity index (χ3v) is 4.32. The lowest BCUT2D eigenvalue weighted by atomic mass is 9.78. The minimum absolute atomic E-state index is 0.172. The van der Waals surface area contributed by atoms with Crippen LogP contribution in [0.15, 0.2) is 23.2 Å². The molecule has 0 saturated heterocycles. The zero-order valence-electron chi connectivity index (χ0n) is 12.0. The molecule has 0 unspecified atom stereocenters. The van der Waals surface area contributed by atoms with Gasteiger partial charge in [0.1, 0.15) is 0 Å². The van der Waals surface area contributed by atoms with Gasteiger partial charge >= 0.3 is 0 Å². The molecule has 1 aliphatic rings. The number of ether oxygens (including phenoxy) is 1. The van der Waals surface area contributed by atoms with Gasteiger partial charge in [0.25, 0.3) is 0 Å². The van der Waals surface area contributed by atoms with Crippen LogP contribution in [0.3, 0.4) is 0 Å². The van der Waals surface area contributed by atoms with E-state index in [1.54, 1.807) is 19.4 Å². The van der Waals surface area contributed by atoms with Gasteiger partial charge in [-0.05, 0) is 30.4 Å². The molecular formula is C16H23NO2. The molecule has 1 N–H and O–H groups in total. The van der Waals surface area contributed by atoms with Gasteiger partial charge in [-0.2, -0.15) is 0 Å². The second-order valence-corrected chi connectivity index (χ2v) is 5.51. The van der Waals surface area contributed by atoms with Crippen molar-refractivity contribution < 1.29 is 9.84 Å². The van der Waals surface area contributed by atoms with E-state index in [4.69, 9.17) is 4.74 Å². The van der Waals surface area contributed by atoms with Crippen LogP contribution in [0.2, 0.25) is 0 Å². The molecule has 1 aromatic carbocycles. The highest BCUT2D eigenvalue weighted by molar-refractivity contribution is 5.84. The molecule has 0 spiro atoms. The van der Waals surface area contributed by atoms with E-state index in [9.17, 15) is 5.11 Å². The topological polar surface area (TPSA) is 41.8 Å². The van der Waals surface area contributed by atoms with Gasteiger partial charge in [0.2, 0.25) is 0 Å². The Bertz CT molecular complexity index is 456. The van der Waals surface area contributed by atoms with Gasteiger partial charge in [-0.25, -0.2) is 0 Å². The Morgan fingerprint density at radius 2 is 2.11 bits per heavy atom. The lowest BCUT2D eigenvalue weighted by molar-refractivity contribution is 0.242. The number of hydrogen-bond acceptors (Lipinski definition) is 3. The third-order valence-electron chi connectivity index (χ3n) is 4.32. The average molecular weight is 261 g/mol. The van der Waals surface area contributed by atoms with Gasteiger partial charge in [-0.15, -0.1) is 0 Å². The highest BCUT2D eigenvalue weighted by Crippen LogP contribution is 2.32. The average Bonchev–Trinajstić information content (AvgIpc) is 2.42. The predicted octanol–water partition coefficient (Wildman–Crippen LogP) is 3.64. The van der Waals surface area contributed by atoms with E-state index in [0.717, 1.165) is 17.9 Å². The van der Waals surface area contributed by atoms with Crippen LogP contribution in [-0.2, 0) is 0 Å². The second-order valence-electron chi connectivity index (χ2n) is 5.51. The SMILES string of the molecule is COc1cccc(C=N[C@H]2CCC[C@H](C)[C@H]2C)c1O. The molecule has 104 valence electrons. The molecular weight excluding hydrogens is 238 g/mol. The van der Waals surface area contributed by atoms with Crippen molar-refractivity contribution in [3.05, 3.63) is 23.8 Å². The van der Waals surface area contributed by atoms with Crippen LogP contribution in [0.1, 0.15) is 38.7 Å². The highest BCUT2D eigenvalue weighted by Gasteiger charge is 2.26. The Hall–Kier alpha value is -1.51. The van der Waals surface area contributed by atoms with Gasteiger partial charge in [0, 0.05) is 11.8 Å². The number of methoxy groups -OCH3 is 1. The molecule has 2 rings (SSSR count). The molecule has 0 aromatic heterocycles. The minimum Gasteiger partial charge on any atom is -0.504 e. The maximum absolute atomic E-state index is 10.0. The standard InChI is InChI=1S/C16H23NO2/c1-11-6-4-8-14(12(11)2)17-10-13-7-5-9-15(19-3)16(13)18/h5,7,9-12,14,18H,4,6,8H2,1-3H3/t11-,12+,14-/m0/s1. The zero-order chi connectivity index (χ0) is 13.8. The summed E-state index contributed by atoms with van der Waals surface area (Å²) in [5.41, 5.74) is 0.727. The molecule has 0 radical (unpaired) electrons. The van der Waals surface area contributed by atoms with Crippen molar-refractivity contribution in [2.45, 2.75) is 39.2 Å².